The maximum Gasteiger partial charge on any atom is 0.466 e. The zero-order valence-corrected chi connectivity index (χ0v) is 14.0. The van der Waals surface area contributed by atoms with E-state index in [1.165, 1.54) is 5.32 Å². The van der Waals surface area contributed by atoms with Gasteiger partial charge < -0.3 is 14.8 Å². The van der Waals surface area contributed by atoms with E-state index in [9.17, 15) is 48.7 Å². The van der Waals surface area contributed by atoms with E-state index in [-0.39, 0.29) is 6.08 Å². The summed E-state index contributed by atoms with van der Waals surface area (Å²) in [6.07, 6.45) is -8.12. The van der Waals surface area contributed by atoms with Crippen LogP contribution in [-0.4, -0.2) is 61.6 Å². The van der Waals surface area contributed by atoms with Crippen molar-refractivity contribution in [1.82, 2.24) is 5.32 Å². The lowest BCUT2D eigenvalue weighted by Crippen LogP contribution is -2.61. The van der Waals surface area contributed by atoms with Crippen molar-refractivity contribution < 1.29 is 62.8 Å². The third-order valence-electron chi connectivity index (χ3n) is 2.78. The predicted molar refractivity (Wildman–Crippen MR) is 71.2 cm³/mol. The van der Waals surface area contributed by atoms with Gasteiger partial charge in [0.05, 0.1) is 6.61 Å². The van der Waals surface area contributed by atoms with Crippen molar-refractivity contribution in [2.24, 2.45) is 0 Å². The minimum Gasteiger partial charge on any atom is -0.412 e. The average molecular weight is 435 g/mol. The van der Waals surface area contributed by atoms with Gasteiger partial charge in [0.1, 0.15) is 0 Å². The Morgan fingerprint density at radius 2 is 1.63 bits per heavy atom. The zero-order valence-electron chi connectivity index (χ0n) is 13.1. The molecule has 0 saturated heterocycles. The topological polar surface area (TPSA) is 119 Å². The van der Waals surface area contributed by atoms with Crippen LogP contribution in [0, 0.1) is 0 Å². The molecule has 1 atom stereocenters. The summed E-state index contributed by atoms with van der Waals surface area (Å²) >= 11 is 0. The van der Waals surface area contributed by atoms with Crippen LogP contribution in [0.15, 0.2) is 12.7 Å². The summed E-state index contributed by atoms with van der Waals surface area (Å²) in [7, 11) is -6.02. The van der Waals surface area contributed by atoms with Crippen LogP contribution in [0.5, 0.6) is 0 Å². The monoisotopic (exact) mass is 435 g/mol. The van der Waals surface area contributed by atoms with Gasteiger partial charge in [-0.1, -0.05) is 6.58 Å². The van der Waals surface area contributed by atoms with Crippen molar-refractivity contribution in [2.75, 3.05) is 13.7 Å². The van der Waals surface area contributed by atoms with Crippen molar-refractivity contribution in [3.8, 4) is 0 Å². The summed E-state index contributed by atoms with van der Waals surface area (Å²) in [5.41, 5.74) is 0. The summed E-state index contributed by atoms with van der Waals surface area (Å²) in [6.45, 7) is 0.702. The third-order valence-corrected chi connectivity index (χ3v) is 3.73. The number of carbonyl (C=O) groups is 2. The lowest BCUT2D eigenvalue weighted by Gasteiger charge is -2.33. The largest absolute Gasteiger partial charge is 0.466 e. The molecule has 0 aromatic heterocycles. The summed E-state index contributed by atoms with van der Waals surface area (Å²) in [6, 6.07) is 0. The second-order valence-corrected chi connectivity index (χ2v) is 6.08. The highest BCUT2D eigenvalue weighted by Crippen LogP contribution is 2.42. The molecule has 8 nitrogen and oxygen atoms in total. The van der Waals surface area contributed by atoms with Crippen molar-refractivity contribution in [3.63, 3.8) is 0 Å². The first-order valence-electron chi connectivity index (χ1n) is 6.40. The van der Waals surface area contributed by atoms with E-state index in [0.717, 1.165) is 0 Å². The molecule has 1 unspecified atom stereocenters. The van der Waals surface area contributed by atoms with E-state index in [2.05, 4.69) is 16.1 Å². The maximum atomic E-state index is 13.3. The number of ether oxygens (including phenoxy) is 2. The molecule has 158 valence electrons. The Bertz CT molecular complexity index is 692. The molecule has 0 aliphatic carbocycles. The van der Waals surface area contributed by atoms with Crippen molar-refractivity contribution in [2.45, 2.75) is 29.6 Å². The Morgan fingerprint density at radius 1 is 1.15 bits per heavy atom. The summed E-state index contributed by atoms with van der Waals surface area (Å²) in [5.74, 6) is -14.2. The van der Waals surface area contributed by atoms with Crippen LogP contribution in [0.25, 0.3) is 0 Å². The number of amides is 1. The Labute approximate surface area is 147 Å². The lowest BCUT2D eigenvalue weighted by molar-refractivity contribution is -0.349. The van der Waals surface area contributed by atoms with Crippen LogP contribution in [0.3, 0.4) is 0 Å². The summed E-state index contributed by atoms with van der Waals surface area (Å²) < 4.78 is 129. The third kappa shape index (κ3) is 5.07. The van der Waals surface area contributed by atoms with Gasteiger partial charge in [-0.3, -0.25) is 9.35 Å². The molecule has 0 radical (unpaired) electrons. The zero-order chi connectivity index (χ0) is 21.9. The molecule has 0 bridgehead atoms. The summed E-state index contributed by atoms with van der Waals surface area (Å²) in [5, 5.41) is -4.70. The number of rotatable bonds is 9. The van der Waals surface area contributed by atoms with Crippen LogP contribution < -0.4 is 5.32 Å². The Morgan fingerprint density at radius 3 is 1.96 bits per heavy atom. The standard InChI is InChI=1S/C11H12F7NO7S/c1-3-6(20)26-9(7(21)19-2,10(14,15)16)25-5-4-8(12,13)11(17,18)27(22,23)24/h3H,1,4-5H2,2H3,(H,19,21)(H,22,23,24). The van der Waals surface area contributed by atoms with Gasteiger partial charge in [0.15, 0.2) is 0 Å². The number of alkyl halides is 7. The molecule has 0 heterocycles. The minimum absolute atomic E-state index is 0.161. The van der Waals surface area contributed by atoms with Crippen molar-refractivity contribution >= 4 is 22.0 Å². The van der Waals surface area contributed by atoms with Gasteiger partial charge >= 0.3 is 45.1 Å². The number of carbonyl (C=O) groups excluding carboxylic acids is 2. The highest BCUT2D eigenvalue weighted by atomic mass is 32.2. The van der Waals surface area contributed by atoms with Gasteiger partial charge in [-0.25, -0.2) is 4.79 Å². The SMILES string of the molecule is C=CC(=O)OC(OCCC(F)(F)C(F)(F)S(=O)(=O)O)(C(=O)NC)C(F)(F)F. The first kappa shape index (κ1) is 25.1. The molecular weight excluding hydrogens is 423 g/mol. The molecule has 0 aromatic rings. The van der Waals surface area contributed by atoms with E-state index in [1.807, 2.05) is 0 Å². The van der Waals surface area contributed by atoms with Crippen LogP contribution in [0.1, 0.15) is 6.42 Å². The van der Waals surface area contributed by atoms with E-state index in [1.54, 1.807) is 0 Å². The molecule has 0 fully saturated rings. The number of likely N-dealkylation sites (N-methyl/N-ethyl adjacent to an activating group) is 1. The number of nitrogens with one attached hydrogen (secondary N) is 1. The molecule has 0 aliphatic rings. The van der Waals surface area contributed by atoms with E-state index in [4.69, 9.17) is 4.55 Å². The quantitative estimate of drug-likeness (QED) is 0.184. The molecule has 2 N–H and O–H groups in total. The molecule has 1 amide bonds. The summed E-state index contributed by atoms with van der Waals surface area (Å²) in [4.78, 5) is 22.6. The van der Waals surface area contributed by atoms with Crippen molar-refractivity contribution in [3.05, 3.63) is 12.7 Å². The van der Waals surface area contributed by atoms with E-state index in [0.29, 0.717) is 7.05 Å². The van der Waals surface area contributed by atoms with Crippen molar-refractivity contribution in [1.29, 1.82) is 0 Å². The minimum atomic E-state index is -6.64. The number of hydrogen-bond donors (Lipinski definition) is 2. The maximum absolute atomic E-state index is 13.3. The lowest BCUT2D eigenvalue weighted by atomic mass is 10.2. The number of halogens is 7. The van der Waals surface area contributed by atoms with Gasteiger partial charge in [0.25, 0.3) is 0 Å². The fourth-order valence-electron chi connectivity index (χ4n) is 1.41. The van der Waals surface area contributed by atoms with Crippen LogP contribution >= 0.6 is 0 Å². The second kappa shape index (κ2) is 7.97. The Hall–Kier alpha value is -1.94. The Balaban J connectivity index is 5.76. The average Bonchev–Trinajstić information content (AvgIpc) is 2.50. The molecule has 27 heavy (non-hydrogen) atoms. The molecule has 0 spiro atoms. The van der Waals surface area contributed by atoms with Gasteiger partial charge in [-0.2, -0.15) is 39.2 Å². The second-order valence-electron chi connectivity index (χ2n) is 4.61. The molecule has 0 saturated carbocycles. The molecule has 0 aliphatic heterocycles. The highest BCUT2D eigenvalue weighted by molar-refractivity contribution is 7.87. The highest BCUT2D eigenvalue weighted by Gasteiger charge is 2.68. The van der Waals surface area contributed by atoms with Crippen LogP contribution in [0.4, 0.5) is 30.7 Å². The fourth-order valence-corrected chi connectivity index (χ4v) is 1.89. The first-order chi connectivity index (χ1) is 11.9. The molecular formula is C11H12F7NO7S. The normalized spacial score (nSPS) is 15.6. The van der Waals surface area contributed by atoms with Crippen LogP contribution in [-0.2, 0) is 29.2 Å². The molecule has 0 aromatic carbocycles. The molecule has 16 heteroatoms. The number of esters is 1. The number of hydrogen-bond acceptors (Lipinski definition) is 6. The molecule has 0 rings (SSSR count). The van der Waals surface area contributed by atoms with Gasteiger partial charge in [-0.15, -0.1) is 0 Å². The van der Waals surface area contributed by atoms with E-state index < -0.39 is 58.2 Å². The Kier molecular flexibility index (Phi) is 7.40. The smallest absolute Gasteiger partial charge is 0.412 e. The van der Waals surface area contributed by atoms with Crippen LogP contribution in [0.2, 0.25) is 0 Å². The van der Waals surface area contributed by atoms with Gasteiger partial charge in [0.2, 0.25) is 0 Å². The predicted octanol–water partition coefficient (Wildman–Crippen LogP) is 1.24. The van der Waals surface area contributed by atoms with E-state index >= 15 is 0 Å². The van der Waals surface area contributed by atoms with Gasteiger partial charge in [-0.05, 0) is 0 Å². The fraction of sp³-hybridized carbons (Fsp3) is 0.636. The first-order valence-corrected chi connectivity index (χ1v) is 7.84. The van der Waals surface area contributed by atoms with Gasteiger partial charge in [0, 0.05) is 19.5 Å².